The van der Waals surface area contributed by atoms with Gasteiger partial charge in [0, 0.05) is 4.90 Å². The molecule has 3 rings (SSSR count). The molecule has 26 heavy (non-hydrogen) atoms. The van der Waals surface area contributed by atoms with Gasteiger partial charge >= 0.3 is 5.97 Å². The highest BCUT2D eigenvalue weighted by Crippen LogP contribution is 2.24. The number of hydrogen-bond acceptors (Lipinski definition) is 6. The predicted octanol–water partition coefficient (Wildman–Crippen LogP) is 1.57. The zero-order chi connectivity index (χ0) is 18.7. The van der Waals surface area contributed by atoms with Gasteiger partial charge in [-0.2, -0.15) is 0 Å². The lowest BCUT2D eigenvalue weighted by atomic mass is 10.2. The van der Waals surface area contributed by atoms with E-state index in [9.17, 15) is 14.7 Å². The average Bonchev–Trinajstić information content (AvgIpc) is 3.00. The summed E-state index contributed by atoms with van der Waals surface area (Å²) in [7, 11) is 0. The minimum Gasteiger partial charge on any atom is -0.494 e. The molecule has 1 aliphatic heterocycles. The Morgan fingerprint density at radius 1 is 1.31 bits per heavy atom. The zero-order valence-electron chi connectivity index (χ0n) is 14.6. The Morgan fingerprint density at radius 3 is 2.69 bits per heavy atom. The van der Waals surface area contributed by atoms with Gasteiger partial charge in [0.05, 0.1) is 25.4 Å². The van der Waals surface area contributed by atoms with Crippen molar-refractivity contribution in [3.63, 3.8) is 0 Å². The molecule has 0 fully saturated rings. The molecule has 0 radical (unpaired) electrons. The van der Waals surface area contributed by atoms with E-state index in [2.05, 4.69) is 10.2 Å². The first-order valence-corrected chi connectivity index (χ1v) is 9.24. The van der Waals surface area contributed by atoms with Gasteiger partial charge in [-0.25, -0.2) is 4.79 Å². The largest absolute Gasteiger partial charge is 0.494 e. The Balaban J connectivity index is 1.67. The summed E-state index contributed by atoms with van der Waals surface area (Å²) in [5.41, 5.74) is 0. The zero-order valence-corrected chi connectivity index (χ0v) is 15.4. The number of thioether (sulfide) groups is 1. The Hall–Kier alpha value is -2.55. The van der Waals surface area contributed by atoms with Gasteiger partial charge < -0.3 is 19.3 Å². The summed E-state index contributed by atoms with van der Waals surface area (Å²) in [4.78, 5) is 26.5. The summed E-state index contributed by atoms with van der Waals surface area (Å²) in [5.74, 6) is 0.943. The molecule has 0 spiro atoms. The number of aliphatic carboxylic acids is 1. The van der Waals surface area contributed by atoms with Crippen LogP contribution < -0.4 is 4.74 Å². The average molecular weight is 376 g/mol. The minimum atomic E-state index is -1.02. The number of aryl methyl sites for hydroxylation is 1. The highest BCUT2D eigenvalue weighted by molar-refractivity contribution is 8.00. The van der Waals surface area contributed by atoms with Gasteiger partial charge in [-0.15, -0.1) is 22.0 Å². The number of aromatic nitrogens is 3. The van der Waals surface area contributed by atoms with E-state index in [0.717, 1.165) is 10.6 Å². The smallest absolute Gasteiger partial charge is 0.328 e. The lowest BCUT2D eigenvalue weighted by Crippen LogP contribution is -2.51. The first-order chi connectivity index (χ1) is 12.5. The number of carbonyl (C=O) groups excluding carboxylic acids is 1. The molecule has 1 N–H and O–H groups in total. The van der Waals surface area contributed by atoms with Crippen molar-refractivity contribution in [2.24, 2.45) is 0 Å². The van der Waals surface area contributed by atoms with E-state index in [-0.39, 0.29) is 24.7 Å². The van der Waals surface area contributed by atoms with Crippen LogP contribution in [0.5, 0.6) is 5.75 Å². The number of carboxylic acids is 1. The third-order valence-corrected chi connectivity index (χ3v) is 5.16. The summed E-state index contributed by atoms with van der Waals surface area (Å²) in [6.45, 7) is 4.61. The first-order valence-electron chi connectivity index (χ1n) is 8.26. The molecule has 9 heteroatoms. The maximum absolute atomic E-state index is 12.6. The molecule has 8 nitrogen and oxygen atoms in total. The number of carboxylic acid groups (broad SMARTS) is 1. The maximum Gasteiger partial charge on any atom is 0.328 e. The van der Waals surface area contributed by atoms with Crippen molar-refractivity contribution >= 4 is 23.6 Å². The van der Waals surface area contributed by atoms with Crippen LogP contribution in [0.25, 0.3) is 0 Å². The van der Waals surface area contributed by atoms with E-state index in [4.69, 9.17) is 4.74 Å². The van der Waals surface area contributed by atoms with Crippen molar-refractivity contribution in [3.05, 3.63) is 35.9 Å². The molecule has 0 saturated heterocycles. The summed E-state index contributed by atoms with van der Waals surface area (Å²) < 4.78 is 7.14. The van der Waals surface area contributed by atoms with Gasteiger partial charge in [0.1, 0.15) is 17.6 Å². The second kappa shape index (κ2) is 7.77. The third-order valence-electron chi connectivity index (χ3n) is 4.16. The summed E-state index contributed by atoms with van der Waals surface area (Å²) in [5, 5.41) is 17.5. The highest BCUT2D eigenvalue weighted by Gasteiger charge is 2.36. The molecule has 2 aromatic rings. The van der Waals surface area contributed by atoms with E-state index in [1.807, 2.05) is 31.2 Å². The lowest BCUT2D eigenvalue weighted by molar-refractivity contribution is -0.151. The van der Waals surface area contributed by atoms with Crippen molar-refractivity contribution in [1.82, 2.24) is 19.7 Å². The predicted molar refractivity (Wildman–Crippen MR) is 95.1 cm³/mol. The fourth-order valence-corrected chi connectivity index (χ4v) is 3.60. The summed E-state index contributed by atoms with van der Waals surface area (Å²) >= 11 is 1.37. The van der Waals surface area contributed by atoms with Crippen LogP contribution in [0.2, 0.25) is 0 Å². The van der Waals surface area contributed by atoms with Crippen LogP contribution in [0.3, 0.4) is 0 Å². The Bertz CT molecular complexity index is 806. The molecule has 1 aromatic carbocycles. The van der Waals surface area contributed by atoms with Gasteiger partial charge in [-0.1, -0.05) is 0 Å². The second-order valence-corrected chi connectivity index (χ2v) is 6.89. The van der Waals surface area contributed by atoms with Gasteiger partial charge in [0.15, 0.2) is 5.82 Å². The third kappa shape index (κ3) is 3.82. The van der Waals surface area contributed by atoms with E-state index in [0.29, 0.717) is 18.3 Å². The van der Waals surface area contributed by atoms with Crippen molar-refractivity contribution in [3.8, 4) is 5.75 Å². The number of nitrogens with zero attached hydrogens (tertiary/aromatic N) is 4. The number of ether oxygens (including phenoxy) is 1. The molecule has 138 valence electrons. The van der Waals surface area contributed by atoms with Gasteiger partial charge in [-0.05, 0) is 38.1 Å². The monoisotopic (exact) mass is 376 g/mol. The van der Waals surface area contributed by atoms with Crippen molar-refractivity contribution < 1.29 is 19.4 Å². The van der Waals surface area contributed by atoms with Crippen LogP contribution in [0.1, 0.15) is 18.6 Å². The fourth-order valence-electron chi connectivity index (χ4n) is 2.81. The van der Waals surface area contributed by atoms with Crippen LogP contribution in [0, 0.1) is 6.92 Å². The number of hydrogen-bond donors (Lipinski definition) is 1. The molecular weight excluding hydrogens is 356 g/mol. The molecule has 0 saturated carbocycles. The lowest BCUT2D eigenvalue weighted by Gasteiger charge is -2.33. The fraction of sp³-hybridized carbons (Fsp3) is 0.412. The molecular formula is C17H20N4O4S. The van der Waals surface area contributed by atoms with Crippen LogP contribution in [-0.2, 0) is 22.7 Å². The van der Waals surface area contributed by atoms with Gasteiger partial charge in [-0.3, -0.25) is 4.79 Å². The van der Waals surface area contributed by atoms with Crippen LogP contribution in [0.15, 0.2) is 29.2 Å². The SMILES string of the molecule is CCOc1ccc(SCC(=O)N2Cc3nnc(C)n3CC2C(=O)O)cc1. The van der Waals surface area contributed by atoms with Gasteiger partial charge in [0.25, 0.3) is 0 Å². The number of carbonyl (C=O) groups is 2. The number of fused-ring (bicyclic) bond motifs is 1. The standard InChI is InChI=1S/C17H20N4O4S/c1-3-25-12-4-6-13(7-5-12)26-10-16(22)21-9-15-19-18-11(2)20(15)8-14(21)17(23)24/h4-7,14H,3,8-10H2,1-2H3,(H,23,24). The van der Waals surface area contributed by atoms with Crippen LogP contribution in [0.4, 0.5) is 0 Å². The molecule has 2 heterocycles. The van der Waals surface area contributed by atoms with E-state index < -0.39 is 12.0 Å². The van der Waals surface area contributed by atoms with E-state index in [1.54, 1.807) is 11.5 Å². The summed E-state index contributed by atoms with van der Waals surface area (Å²) in [6, 6.07) is 6.55. The minimum absolute atomic E-state index is 0.153. The maximum atomic E-state index is 12.6. The molecule has 1 aliphatic rings. The number of benzene rings is 1. The number of rotatable bonds is 6. The Morgan fingerprint density at radius 2 is 2.04 bits per heavy atom. The number of amides is 1. The van der Waals surface area contributed by atoms with Crippen LogP contribution >= 0.6 is 11.8 Å². The highest BCUT2D eigenvalue weighted by atomic mass is 32.2. The Kier molecular flexibility index (Phi) is 5.46. The van der Waals surface area contributed by atoms with Crippen LogP contribution in [-0.4, -0.2) is 55.0 Å². The van der Waals surface area contributed by atoms with Crippen molar-refractivity contribution in [2.45, 2.75) is 37.9 Å². The first kappa shape index (κ1) is 18.2. The molecule has 0 bridgehead atoms. The summed E-state index contributed by atoms with van der Waals surface area (Å²) in [6.07, 6.45) is 0. The molecule has 1 amide bonds. The Labute approximate surface area is 155 Å². The quantitative estimate of drug-likeness (QED) is 0.764. The molecule has 1 atom stereocenters. The van der Waals surface area contributed by atoms with Crippen molar-refractivity contribution in [2.75, 3.05) is 12.4 Å². The molecule has 0 aliphatic carbocycles. The van der Waals surface area contributed by atoms with Gasteiger partial charge in [0.2, 0.25) is 5.91 Å². The molecule has 1 aromatic heterocycles. The van der Waals surface area contributed by atoms with E-state index >= 15 is 0 Å². The van der Waals surface area contributed by atoms with Crippen molar-refractivity contribution in [1.29, 1.82) is 0 Å². The second-order valence-electron chi connectivity index (χ2n) is 5.84. The van der Waals surface area contributed by atoms with E-state index in [1.165, 1.54) is 16.7 Å². The molecule has 1 unspecified atom stereocenters. The topological polar surface area (TPSA) is 97.5 Å². The normalized spacial score (nSPS) is 16.2.